The Morgan fingerprint density at radius 3 is 2.38 bits per heavy atom. The molecule has 0 unspecified atom stereocenters. The predicted molar refractivity (Wildman–Crippen MR) is 83.4 cm³/mol. The molecule has 2 aromatic rings. The molecule has 15 heteroatoms. The minimum Gasteiger partial charge on any atom is -0.382 e. The van der Waals surface area contributed by atoms with Crippen LogP contribution in [0.5, 0.6) is 0 Å². The summed E-state index contributed by atoms with van der Waals surface area (Å²) >= 11 is 0. The molecular formula is C9H18N6O7P2. The van der Waals surface area contributed by atoms with Crippen LogP contribution in [0.3, 0.4) is 0 Å². The fourth-order valence-electron chi connectivity index (χ4n) is 1.59. The second kappa shape index (κ2) is 8.10. The minimum absolute atomic E-state index is 0.285. The summed E-state index contributed by atoms with van der Waals surface area (Å²) in [4.78, 5) is 44.3. The van der Waals surface area contributed by atoms with E-state index in [0.29, 0.717) is 17.7 Å². The number of hydrogen-bond acceptors (Lipinski definition) is 7. The Kier molecular flexibility index (Phi) is 6.96. The first-order chi connectivity index (χ1) is 10.9. The Labute approximate surface area is 136 Å². The van der Waals surface area contributed by atoms with Crippen molar-refractivity contribution in [1.82, 2.24) is 19.5 Å². The number of aromatic nitrogens is 4. The fourth-order valence-corrected chi connectivity index (χ4v) is 2.04. The van der Waals surface area contributed by atoms with Gasteiger partial charge in [-0.1, -0.05) is 0 Å². The van der Waals surface area contributed by atoms with E-state index < -0.39 is 27.8 Å². The summed E-state index contributed by atoms with van der Waals surface area (Å²) in [6.07, 6.45) is 1.85. The van der Waals surface area contributed by atoms with Crippen molar-refractivity contribution in [2.45, 2.75) is 19.6 Å². The Bertz CT molecular complexity index is 763. The van der Waals surface area contributed by atoms with Gasteiger partial charge in [0.25, 0.3) is 0 Å². The number of fused-ring (bicyclic) bond motifs is 1. The minimum atomic E-state index is -4.16. The van der Waals surface area contributed by atoms with Gasteiger partial charge in [0.15, 0.2) is 11.5 Å². The first kappa shape index (κ1) is 20.6. The van der Waals surface area contributed by atoms with Crippen molar-refractivity contribution in [3.05, 3.63) is 12.7 Å². The molecule has 2 heterocycles. The maximum absolute atomic E-state index is 10.7. The van der Waals surface area contributed by atoms with Gasteiger partial charge in [-0.05, 0) is 6.92 Å². The molecule has 0 amide bonds. The molecule has 1 atom stereocenters. The van der Waals surface area contributed by atoms with Gasteiger partial charge in [0.1, 0.15) is 18.2 Å². The van der Waals surface area contributed by atoms with Crippen LogP contribution in [-0.4, -0.2) is 51.5 Å². The highest BCUT2D eigenvalue weighted by atomic mass is 31.2. The number of imidazole rings is 1. The van der Waals surface area contributed by atoms with Gasteiger partial charge in [0.2, 0.25) is 0 Å². The summed E-state index contributed by atoms with van der Waals surface area (Å²) in [6, 6.07) is 0. The molecule has 0 aromatic carbocycles. The molecule has 0 aliphatic carbocycles. The van der Waals surface area contributed by atoms with Gasteiger partial charge in [-0.25, -0.2) is 25.0 Å². The molecule has 13 nitrogen and oxygen atoms in total. The fraction of sp³-hybridized carbons (Fsp3) is 0.444. The van der Waals surface area contributed by atoms with Crippen molar-refractivity contribution >= 4 is 32.3 Å². The molecule has 0 aliphatic rings. The van der Waals surface area contributed by atoms with Crippen molar-refractivity contribution < 1.29 is 33.4 Å². The van der Waals surface area contributed by atoms with E-state index in [9.17, 15) is 4.57 Å². The van der Waals surface area contributed by atoms with Crippen LogP contribution in [0.4, 0.5) is 5.82 Å². The Morgan fingerprint density at radius 1 is 1.25 bits per heavy atom. The molecule has 2 aromatic heterocycles. The van der Waals surface area contributed by atoms with Crippen LogP contribution in [0.1, 0.15) is 6.92 Å². The van der Waals surface area contributed by atoms with Gasteiger partial charge >= 0.3 is 15.3 Å². The zero-order chi connectivity index (χ0) is 18.5. The number of nitrogen functional groups attached to an aromatic ring is 1. The van der Waals surface area contributed by atoms with Gasteiger partial charge in [-0.3, -0.25) is 4.57 Å². The third kappa shape index (κ3) is 7.90. The quantitative estimate of drug-likeness (QED) is 0.341. The van der Waals surface area contributed by atoms with Crippen LogP contribution in [0.15, 0.2) is 12.7 Å². The molecule has 24 heavy (non-hydrogen) atoms. The Hall–Kier alpha value is -1.43. The molecule has 136 valence electrons. The van der Waals surface area contributed by atoms with E-state index in [0.717, 1.165) is 0 Å². The third-order valence-electron chi connectivity index (χ3n) is 2.41. The molecule has 0 radical (unpaired) electrons. The molecular weight excluding hydrogens is 366 g/mol. The summed E-state index contributed by atoms with van der Waals surface area (Å²) in [5, 5.41) is 0. The summed E-state index contributed by atoms with van der Waals surface area (Å²) < 4.78 is 26.6. The summed E-state index contributed by atoms with van der Waals surface area (Å²) in [5.41, 5.74) is 10.7. The van der Waals surface area contributed by atoms with E-state index in [1.54, 1.807) is 11.5 Å². The highest BCUT2D eigenvalue weighted by molar-refractivity contribution is 7.51. The SMILES string of the molecule is C[C@H](Cn1cnc2c(N)ncnc21)OCP(=O)(O)O.NP(=O)(O)O. The van der Waals surface area contributed by atoms with Crippen molar-refractivity contribution in [2.75, 3.05) is 12.1 Å². The van der Waals surface area contributed by atoms with Crippen molar-refractivity contribution in [2.24, 2.45) is 5.50 Å². The highest BCUT2D eigenvalue weighted by Gasteiger charge is 2.16. The summed E-state index contributed by atoms with van der Waals surface area (Å²) in [5.74, 6) is 0.285. The van der Waals surface area contributed by atoms with E-state index in [1.807, 2.05) is 0 Å². The van der Waals surface area contributed by atoms with Gasteiger partial charge in [0.05, 0.1) is 19.0 Å². The highest BCUT2D eigenvalue weighted by Crippen LogP contribution is 2.34. The second-order valence-electron chi connectivity index (χ2n) is 4.69. The summed E-state index contributed by atoms with van der Waals surface area (Å²) in [6.45, 7) is 2.05. The first-order valence-electron chi connectivity index (χ1n) is 6.28. The number of rotatable bonds is 5. The third-order valence-corrected chi connectivity index (χ3v) is 2.90. The van der Waals surface area contributed by atoms with Gasteiger partial charge in [-0.15, -0.1) is 0 Å². The average Bonchev–Trinajstić information content (AvgIpc) is 2.79. The maximum Gasteiger partial charge on any atom is 0.397 e. The molecule has 0 aliphatic heterocycles. The normalized spacial score (nSPS) is 13.4. The van der Waals surface area contributed by atoms with Crippen molar-refractivity contribution in [3.63, 3.8) is 0 Å². The monoisotopic (exact) mass is 384 g/mol. The molecule has 8 N–H and O–H groups in total. The number of ether oxygens (including phenoxy) is 1. The molecule has 0 fully saturated rings. The molecule has 0 bridgehead atoms. The zero-order valence-electron chi connectivity index (χ0n) is 12.5. The lowest BCUT2D eigenvalue weighted by Gasteiger charge is -2.14. The van der Waals surface area contributed by atoms with E-state index in [-0.39, 0.29) is 5.82 Å². The van der Waals surface area contributed by atoms with Crippen LogP contribution in [0, 0.1) is 0 Å². The number of nitrogens with zero attached hydrogens (tertiary/aromatic N) is 4. The largest absolute Gasteiger partial charge is 0.397 e. The van der Waals surface area contributed by atoms with Gasteiger partial charge in [-0.2, -0.15) is 0 Å². The van der Waals surface area contributed by atoms with Crippen LogP contribution < -0.4 is 11.2 Å². The topological polar surface area (TPSA) is 220 Å². The Balaban J connectivity index is 0.000000505. The van der Waals surface area contributed by atoms with E-state index in [2.05, 4.69) is 20.5 Å². The van der Waals surface area contributed by atoms with Crippen LogP contribution in [-0.2, 0) is 20.4 Å². The van der Waals surface area contributed by atoms with Crippen molar-refractivity contribution in [1.29, 1.82) is 0 Å². The molecule has 0 saturated carbocycles. The van der Waals surface area contributed by atoms with Crippen molar-refractivity contribution in [3.8, 4) is 0 Å². The van der Waals surface area contributed by atoms with Gasteiger partial charge in [0, 0.05) is 0 Å². The molecule has 2 rings (SSSR count). The number of anilines is 1. The predicted octanol–water partition coefficient (Wildman–Crippen LogP) is -1.01. The first-order valence-corrected chi connectivity index (χ1v) is 9.76. The summed E-state index contributed by atoms with van der Waals surface area (Å²) in [7, 11) is -8.30. The van der Waals surface area contributed by atoms with Crippen LogP contribution in [0.25, 0.3) is 11.2 Å². The standard InChI is InChI=1S/C9H14N5O4P.H4NO3P/c1-6(18-5-19(15,16)17)2-14-4-13-7-8(10)11-3-12-9(7)14;1-5(2,3)4/h3-4,6H,2,5H2,1H3,(H2,10,11,12)(H2,15,16,17);(H4,1,2,3,4)/t6-;/m1./s1. The zero-order valence-corrected chi connectivity index (χ0v) is 14.3. The lowest BCUT2D eigenvalue weighted by molar-refractivity contribution is 0.0764. The van der Waals surface area contributed by atoms with Gasteiger partial charge < -0.3 is 34.6 Å². The average molecular weight is 384 g/mol. The van der Waals surface area contributed by atoms with Crippen LogP contribution >= 0.6 is 15.3 Å². The lowest BCUT2D eigenvalue weighted by atomic mass is 10.4. The maximum atomic E-state index is 10.7. The molecule has 0 saturated heterocycles. The second-order valence-corrected chi connectivity index (χ2v) is 7.45. The number of nitrogens with two attached hydrogens (primary N) is 2. The smallest absolute Gasteiger partial charge is 0.382 e. The Morgan fingerprint density at radius 2 is 1.83 bits per heavy atom. The van der Waals surface area contributed by atoms with E-state index in [1.165, 1.54) is 12.7 Å². The van der Waals surface area contributed by atoms with E-state index >= 15 is 0 Å². The molecule has 0 spiro atoms. The van der Waals surface area contributed by atoms with Crippen LogP contribution in [0.2, 0.25) is 0 Å². The lowest BCUT2D eigenvalue weighted by Crippen LogP contribution is -2.17. The van der Waals surface area contributed by atoms with E-state index in [4.69, 9.17) is 34.6 Å². The number of hydrogen-bond donors (Lipinski definition) is 6.